The molecule has 0 saturated heterocycles. The average Bonchev–Trinajstić information content (AvgIpc) is 3.01. The third-order valence-corrected chi connectivity index (χ3v) is 3.53. The van der Waals surface area contributed by atoms with Crippen molar-refractivity contribution in [3.05, 3.63) is 34.3 Å². The molecule has 0 aromatic heterocycles. The lowest BCUT2D eigenvalue weighted by atomic mass is 9.89. The molecular weight excluding hydrogens is 228 g/mol. The van der Waals surface area contributed by atoms with E-state index in [1.54, 1.807) is 6.07 Å². The van der Waals surface area contributed by atoms with Gasteiger partial charge in [0, 0.05) is 10.4 Å². The third-order valence-electron chi connectivity index (χ3n) is 3.20. The van der Waals surface area contributed by atoms with Crippen LogP contribution >= 0.6 is 11.6 Å². The number of carboxylic acid groups (broad SMARTS) is 1. The predicted octanol–water partition coefficient (Wildman–Crippen LogP) is 2.13. The van der Waals surface area contributed by atoms with Crippen LogP contribution in [0.3, 0.4) is 0 Å². The maximum Gasteiger partial charge on any atom is 0.333 e. The Morgan fingerprint density at radius 2 is 2.12 bits per heavy atom. The van der Waals surface area contributed by atoms with Crippen LogP contribution < -0.4 is 0 Å². The first-order valence-electron chi connectivity index (χ1n) is 5.15. The van der Waals surface area contributed by atoms with Crippen LogP contribution in [0.1, 0.15) is 24.0 Å². The molecule has 1 unspecified atom stereocenters. The number of carbonyl (C=O) groups is 1. The summed E-state index contributed by atoms with van der Waals surface area (Å²) in [5.74, 6) is -1.19. The maximum absolute atomic E-state index is 10.9. The summed E-state index contributed by atoms with van der Waals surface area (Å²) in [6.45, 7) is 1.92. The molecule has 86 valence electrons. The first-order chi connectivity index (χ1) is 7.47. The van der Waals surface area contributed by atoms with Gasteiger partial charge >= 0.3 is 5.97 Å². The van der Waals surface area contributed by atoms with E-state index in [0.29, 0.717) is 17.9 Å². The normalized spacial score (nSPS) is 19.2. The van der Waals surface area contributed by atoms with E-state index in [4.69, 9.17) is 16.7 Å². The van der Waals surface area contributed by atoms with Crippen LogP contribution in [0.4, 0.5) is 0 Å². The minimum Gasteiger partial charge on any atom is -0.479 e. The van der Waals surface area contributed by atoms with Crippen LogP contribution in [-0.4, -0.2) is 22.3 Å². The Labute approximate surface area is 98.7 Å². The van der Waals surface area contributed by atoms with Crippen molar-refractivity contribution in [2.24, 2.45) is 0 Å². The van der Waals surface area contributed by atoms with Gasteiger partial charge in [-0.25, -0.2) is 4.79 Å². The zero-order valence-electron chi connectivity index (χ0n) is 8.90. The SMILES string of the molecule is Cc1ccc(Cl)c(C2(C(O)C(=O)O)CC2)c1. The summed E-state index contributed by atoms with van der Waals surface area (Å²) < 4.78 is 0. The molecule has 0 radical (unpaired) electrons. The van der Waals surface area contributed by atoms with Gasteiger partial charge in [-0.15, -0.1) is 0 Å². The van der Waals surface area contributed by atoms with Crippen molar-refractivity contribution >= 4 is 17.6 Å². The van der Waals surface area contributed by atoms with E-state index >= 15 is 0 Å². The van der Waals surface area contributed by atoms with Crippen LogP contribution in [0.25, 0.3) is 0 Å². The number of carboxylic acids is 1. The van der Waals surface area contributed by atoms with Gasteiger partial charge in [0.25, 0.3) is 0 Å². The Hall–Kier alpha value is -1.06. The molecular formula is C12H13ClO3. The van der Waals surface area contributed by atoms with Gasteiger partial charge in [-0.3, -0.25) is 0 Å². The molecule has 4 heteroatoms. The number of aliphatic hydroxyl groups excluding tert-OH is 1. The molecule has 0 amide bonds. The van der Waals surface area contributed by atoms with Gasteiger partial charge in [-0.1, -0.05) is 29.3 Å². The average molecular weight is 241 g/mol. The molecule has 1 aromatic rings. The predicted molar refractivity (Wildman–Crippen MR) is 60.7 cm³/mol. The number of aliphatic hydroxyl groups is 1. The highest BCUT2D eigenvalue weighted by Gasteiger charge is 2.54. The first-order valence-corrected chi connectivity index (χ1v) is 5.53. The van der Waals surface area contributed by atoms with Crippen molar-refractivity contribution in [2.45, 2.75) is 31.3 Å². The van der Waals surface area contributed by atoms with Gasteiger partial charge in [-0.05, 0) is 31.4 Å². The lowest BCUT2D eigenvalue weighted by molar-refractivity contribution is -0.148. The number of aryl methyl sites for hydroxylation is 1. The number of halogens is 1. The molecule has 0 spiro atoms. The summed E-state index contributed by atoms with van der Waals surface area (Å²) in [5.41, 5.74) is 1.10. The molecule has 3 nitrogen and oxygen atoms in total. The molecule has 1 fully saturated rings. The highest BCUT2D eigenvalue weighted by atomic mass is 35.5. The van der Waals surface area contributed by atoms with Crippen molar-refractivity contribution in [3.8, 4) is 0 Å². The van der Waals surface area contributed by atoms with E-state index in [-0.39, 0.29) is 0 Å². The van der Waals surface area contributed by atoms with Crippen molar-refractivity contribution in [2.75, 3.05) is 0 Å². The fraction of sp³-hybridized carbons (Fsp3) is 0.417. The van der Waals surface area contributed by atoms with E-state index in [2.05, 4.69) is 0 Å². The van der Waals surface area contributed by atoms with Gasteiger partial charge in [-0.2, -0.15) is 0 Å². The van der Waals surface area contributed by atoms with Crippen molar-refractivity contribution < 1.29 is 15.0 Å². The third kappa shape index (κ3) is 1.70. The van der Waals surface area contributed by atoms with Crippen LogP contribution in [0, 0.1) is 6.92 Å². The second-order valence-electron chi connectivity index (χ2n) is 4.38. The number of rotatable bonds is 3. The van der Waals surface area contributed by atoms with Crippen LogP contribution in [0.2, 0.25) is 5.02 Å². The lowest BCUT2D eigenvalue weighted by Crippen LogP contribution is -2.34. The second-order valence-corrected chi connectivity index (χ2v) is 4.79. The van der Waals surface area contributed by atoms with E-state index in [1.807, 2.05) is 19.1 Å². The van der Waals surface area contributed by atoms with E-state index < -0.39 is 17.5 Å². The van der Waals surface area contributed by atoms with Crippen molar-refractivity contribution in [3.63, 3.8) is 0 Å². The minimum absolute atomic E-state index is 0.531. The molecule has 2 N–H and O–H groups in total. The first kappa shape index (κ1) is 11.4. The Kier molecular flexibility index (Phi) is 2.68. The van der Waals surface area contributed by atoms with Crippen molar-refractivity contribution in [1.82, 2.24) is 0 Å². The van der Waals surface area contributed by atoms with Crippen LogP contribution in [-0.2, 0) is 10.2 Å². The fourth-order valence-corrected chi connectivity index (χ4v) is 2.39. The lowest BCUT2D eigenvalue weighted by Gasteiger charge is -2.20. The molecule has 2 rings (SSSR count). The molecule has 1 saturated carbocycles. The summed E-state index contributed by atoms with van der Waals surface area (Å²) in [6.07, 6.45) is -0.0281. The summed E-state index contributed by atoms with van der Waals surface area (Å²) in [7, 11) is 0. The number of aliphatic carboxylic acids is 1. The molecule has 1 aromatic carbocycles. The Balaban J connectivity index is 2.44. The van der Waals surface area contributed by atoms with Gasteiger partial charge in [0.05, 0.1) is 0 Å². The smallest absolute Gasteiger partial charge is 0.333 e. The standard InChI is InChI=1S/C12H13ClO3/c1-7-2-3-9(13)8(6-7)12(4-5-12)10(14)11(15)16/h2-3,6,10,14H,4-5H2,1H3,(H,15,16). The highest BCUT2D eigenvalue weighted by molar-refractivity contribution is 6.31. The van der Waals surface area contributed by atoms with Crippen LogP contribution in [0.15, 0.2) is 18.2 Å². The van der Waals surface area contributed by atoms with Crippen molar-refractivity contribution in [1.29, 1.82) is 0 Å². The summed E-state index contributed by atoms with van der Waals surface area (Å²) in [4.78, 5) is 10.9. The van der Waals surface area contributed by atoms with E-state index in [0.717, 1.165) is 11.1 Å². The van der Waals surface area contributed by atoms with E-state index in [1.165, 1.54) is 0 Å². The molecule has 1 atom stereocenters. The number of hydrogen-bond donors (Lipinski definition) is 2. The quantitative estimate of drug-likeness (QED) is 0.851. The van der Waals surface area contributed by atoms with Crippen LogP contribution in [0.5, 0.6) is 0 Å². The largest absolute Gasteiger partial charge is 0.479 e. The monoisotopic (exact) mass is 240 g/mol. The molecule has 1 aliphatic carbocycles. The number of hydrogen-bond acceptors (Lipinski definition) is 2. The molecule has 0 bridgehead atoms. The zero-order chi connectivity index (χ0) is 11.9. The summed E-state index contributed by atoms with van der Waals surface area (Å²) >= 11 is 6.07. The molecule has 1 aliphatic rings. The van der Waals surface area contributed by atoms with E-state index in [9.17, 15) is 9.90 Å². The van der Waals surface area contributed by atoms with Gasteiger partial charge in [0.2, 0.25) is 0 Å². The van der Waals surface area contributed by atoms with Gasteiger partial charge in [0.15, 0.2) is 6.10 Å². The highest BCUT2D eigenvalue weighted by Crippen LogP contribution is 2.53. The maximum atomic E-state index is 10.9. The zero-order valence-corrected chi connectivity index (χ0v) is 9.66. The Bertz CT molecular complexity index is 438. The molecule has 0 aliphatic heterocycles. The second kappa shape index (κ2) is 3.75. The topological polar surface area (TPSA) is 57.5 Å². The summed E-state index contributed by atoms with van der Waals surface area (Å²) in [5, 5.41) is 19.1. The van der Waals surface area contributed by atoms with Gasteiger partial charge in [0.1, 0.15) is 0 Å². The Morgan fingerprint density at radius 3 is 2.62 bits per heavy atom. The minimum atomic E-state index is -1.37. The summed E-state index contributed by atoms with van der Waals surface area (Å²) in [6, 6.07) is 5.48. The van der Waals surface area contributed by atoms with Gasteiger partial charge < -0.3 is 10.2 Å². The fourth-order valence-electron chi connectivity index (χ4n) is 2.08. The molecule has 16 heavy (non-hydrogen) atoms. The number of benzene rings is 1. The molecule has 0 heterocycles. The Morgan fingerprint density at radius 1 is 1.50 bits per heavy atom.